The van der Waals surface area contributed by atoms with Crippen molar-refractivity contribution in [3.63, 3.8) is 0 Å². The minimum absolute atomic E-state index is 0.0650. The van der Waals surface area contributed by atoms with Gasteiger partial charge in [-0.15, -0.1) is 0 Å². The van der Waals surface area contributed by atoms with Crippen molar-refractivity contribution in [1.82, 2.24) is 0 Å². The molecule has 0 aromatic rings. The van der Waals surface area contributed by atoms with E-state index >= 15 is 0 Å². The smallest absolute Gasteiger partial charge is 0.303 e. The number of hydrogen-bond donors (Lipinski definition) is 0. The quantitative estimate of drug-likeness (QED) is 0.497. The SMILES string of the molecule is CC(=O)O[C@@H]1[C@@H]2OC(C)(C)O[C@@H]2C[C@@]2(CO[Si](C)(C)C(C)(C)C)OC(C)(C)O[C@@H]12. The first-order valence-electron chi connectivity index (χ1n) is 10.5. The summed E-state index contributed by atoms with van der Waals surface area (Å²) in [6, 6.07) is 0. The molecule has 5 atom stereocenters. The number of carbonyl (C=O) groups is 1. The molecule has 0 aromatic heterocycles. The van der Waals surface area contributed by atoms with E-state index in [4.69, 9.17) is 28.1 Å². The Morgan fingerprint density at radius 1 is 1.07 bits per heavy atom. The highest BCUT2D eigenvalue weighted by atomic mass is 28.4. The number of esters is 1. The van der Waals surface area contributed by atoms with Crippen LogP contribution in [0.4, 0.5) is 0 Å². The van der Waals surface area contributed by atoms with Crippen LogP contribution >= 0.6 is 0 Å². The van der Waals surface area contributed by atoms with Crippen molar-refractivity contribution in [2.45, 2.75) is 122 Å². The zero-order chi connectivity index (χ0) is 22.0. The van der Waals surface area contributed by atoms with E-state index < -0.39 is 43.8 Å². The molecule has 0 radical (unpaired) electrons. The fourth-order valence-corrected chi connectivity index (χ4v) is 5.37. The summed E-state index contributed by atoms with van der Waals surface area (Å²) in [6.45, 7) is 20.3. The van der Waals surface area contributed by atoms with Gasteiger partial charge in [-0.2, -0.15) is 0 Å². The van der Waals surface area contributed by atoms with Crippen molar-refractivity contribution >= 4 is 14.3 Å². The lowest BCUT2D eigenvalue weighted by Gasteiger charge is -2.46. The third-order valence-electron chi connectivity index (χ3n) is 6.55. The number of fused-ring (bicyclic) bond motifs is 2. The van der Waals surface area contributed by atoms with Gasteiger partial charge in [0.15, 0.2) is 26.0 Å². The van der Waals surface area contributed by atoms with Gasteiger partial charge in [-0.05, 0) is 45.8 Å². The molecule has 1 saturated carbocycles. The Bertz CT molecular complexity index is 654. The summed E-state index contributed by atoms with van der Waals surface area (Å²) < 4.78 is 37.4. The third-order valence-corrected chi connectivity index (χ3v) is 11.0. The summed E-state index contributed by atoms with van der Waals surface area (Å²) >= 11 is 0. The molecule has 1 aliphatic carbocycles. The van der Waals surface area contributed by atoms with Gasteiger partial charge in [-0.3, -0.25) is 4.79 Å². The molecule has 2 aliphatic heterocycles. The highest BCUT2D eigenvalue weighted by molar-refractivity contribution is 6.74. The van der Waals surface area contributed by atoms with E-state index in [0.29, 0.717) is 13.0 Å². The van der Waals surface area contributed by atoms with Crippen LogP contribution in [-0.2, 0) is 32.9 Å². The van der Waals surface area contributed by atoms with Crippen molar-refractivity contribution < 1.29 is 32.9 Å². The van der Waals surface area contributed by atoms with E-state index in [1.165, 1.54) is 6.92 Å². The Morgan fingerprint density at radius 2 is 1.69 bits per heavy atom. The second kappa shape index (κ2) is 7.00. The molecule has 3 aliphatic rings. The lowest BCUT2D eigenvalue weighted by Crippen LogP contribution is -2.64. The van der Waals surface area contributed by atoms with Gasteiger partial charge >= 0.3 is 5.97 Å². The van der Waals surface area contributed by atoms with E-state index in [2.05, 4.69) is 33.9 Å². The second-order valence-electron chi connectivity index (χ2n) is 11.1. The molecule has 0 N–H and O–H groups in total. The molecule has 3 rings (SSSR count). The van der Waals surface area contributed by atoms with Gasteiger partial charge in [-0.1, -0.05) is 20.8 Å². The first-order chi connectivity index (χ1) is 13.0. The molecular formula is C21H38O7Si. The monoisotopic (exact) mass is 430 g/mol. The van der Waals surface area contributed by atoms with Crippen molar-refractivity contribution in [1.29, 1.82) is 0 Å². The largest absolute Gasteiger partial charge is 0.457 e. The average Bonchev–Trinajstić information content (AvgIpc) is 2.95. The van der Waals surface area contributed by atoms with Crippen LogP contribution in [0.15, 0.2) is 0 Å². The van der Waals surface area contributed by atoms with Crippen LogP contribution in [0.2, 0.25) is 18.1 Å². The molecule has 2 saturated heterocycles. The molecule has 0 amide bonds. The molecule has 0 unspecified atom stereocenters. The maximum atomic E-state index is 11.9. The van der Waals surface area contributed by atoms with E-state index in [1.807, 2.05) is 27.7 Å². The topological polar surface area (TPSA) is 72.5 Å². The van der Waals surface area contributed by atoms with Gasteiger partial charge in [-0.25, -0.2) is 0 Å². The summed E-state index contributed by atoms with van der Waals surface area (Å²) in [6.07, 6.45) is -1.24. The fraction of sp³-hybridized carbons (Fsp3) is 0.952. The van der Waals surface area contributed by atoms with Gasteiger partial charge in [0.1, 0.15) is 17.8 Å². The van der Waals surface area contributed by atoms with Gasteiger partial charge in [0.25, 0.3) is 0 Å². The Balaban J connectivity index is 1.95. The number of rotatable bonds is 4. The normalized spacial score (nSPS) is 38.4. The number of carbonyl (C=O) groups excluding carboxylic acids is 1. The number of ether oxygens (including phenoxy) is 5. The predicted molar refractivity (Wildman–Crippen MR) is 110 cm³/mol. The minimum atomic E-state index is -2.03. The Labute approximate surface area is 175 Å². The number of hydrogen-bond acceptors (Lipinski definition) is 7. The van der Waals surface area contributed by atoms with E-state index in [-0.39, 0.29) is 17.1 Å². The molecular weight excluding hydrogens is 392 g/mol. The van der Waals surface area contributed by atoms with Crippen molar-refractivity contribution in [3.8, 4) is 0 Å². The summed E-state index contributed by atoms with van der Waals surface area (Å²) in [4.78, 5) is 11.9. The van der Waals surface area contributed by atoms with Crippen LogP contribution in [0.5, 0.6) is 0 Å². The predicted octanol–water partition coefficient (Wildman–Crippen LogP) is 3.75. The molecule has 7 nitrogen and oxygen atoms in total. The molecule has 168 valence electrons. The van der Waals surface area contributed by atoms with Crippen LogP contribution in [-0.4, -0.2) is 62.5 Å². The third kappa shape index (κ3) is 4.43. The van der Waals surface area contributed by atoms with Crippen molar-refractivity contribution in [3.05, 3.63) is 0 Å². The highest BCUT2D eigenvalue weighted by Gasteiger charge is 2.67. The van der Waals surface area contributed by atoms with Crippen molar-refractivity contribution in [2.24, 2.45) is 0 Å². The molecule has 8 heteroatoms. The second-order valence-corrected chi connectivity index (χ2v) is 15.9. The molecule has 0 aromatic carbocycles. The summed E-state index contributed by atoms with van der Waals surface area (Å²) in [5, 5.41) is 0.0650. The molecule has 0 bridgehead atoms. The first kappa shape index (κ1) is 23.2. The van der Waals surface area contributed by atoms with Gasteiger partial charge in [0.2, 0.25) is 0 Å². The molecule has 2 heterocycles. The minimum Gasteiger partial charge on any atom is -0.457 e. The maximum Gasteiger partial charge on any atom is 0.303 e. The van der Waals surface area contributed by atoms with Gasteiger partial charge in [0, 0.05) is 13.3 Å². The summed E-state index contributed by atoms with van der Waals surface area (Å²) in [5.74, 6) is -1.96. The van der Waals surface area contributed by atoms with Crippen LogP contribution in [0.3, 0.4) is 0 Å². The Morgan fingerprint density at radius 3 is 2.24 bits per heavy atom. The average molecular weight is 431 g/mol. The summed E-state index contributed by atoms with van der Waals surface area (Å²) in [7, 11) is -2.03. The highest BCUT2D eigenvalue weighted by Crippen LogP contribution is 2.51. The van der Waals surface area contributed by atoms with Crippen LogP contribution in [0.1, 0.15) is 61.8 Å². The zero-order valence-electron chi connectivity index (χ0n) is 19.6. The van der Waals surface area contributed by atoms with Crippen LogP contribution < -0.4 is 0 Å². The van der Waals surface area contributed by atoms with Gasteiger partial charge in [0.05, 0.1) is 12.7 Å². The Kier molecular flexibility index (Phi) is 5.59. The lowest BCUT2D eigenvalue weighted by molar-refractivity contribution is -0.194. The molecule has 0 spiro atoms. The van der Waals surface area contributed by atoms with Gasteiger partial charge < -0.3 is 28.1 Å². The molecule has 29 heavy (non-hydrogen) atoms. The zero-order valence-corrected chi connectivity index (χ0v) is 20.6. The van der Waals surface area contributed by atoms with E-state index in [1.54, 1.807) is 0 Å². The van der Waals surface area contributed by atoms with Crippen LogP contribution in [0, 0.1) is 0 Å². The molecule has 3 fully saturated rings. The summed E-state index contributed by atoms with van der Waals surface area (Å²) in [5.41, 5.74) is -0.774. The maximum absolute atomic E-state index is 11.9. The van der Waals surface area contributed by atoms with Crippen LogP contribution in [0.25, 0.3) is 0 Å². The van der Waals surface area contributed by atoms with E-state index in [9.17, 15) is 4.79 Å². The van der Waals surface area contributed by atoms with E-state index in [0.717, 1.165) is 0 Å². The Hall–Kier alpha value is -0.513. The first-order valence-corrected chi connectivity index (χ1v) is 13.4. The lowest BCUT2D eigenvalue weighted by atomic mass is 9.77. The standard InChI is InChI=1S/C21H38O7Si/c1-13(22)24-16-15-14(25-19(5,6)26-15)11-21(17(16)27-20(7,8)28-21)12-23-29(9,10)18(2,3)4/h14-17H,11-12H2,1-10H3/t14-,15-,16-,17+,21+/m1/s1. The van der Waals surface area contributed by atoms with Crippen molar-refractivity contribution in [2.75, 3.05) is 6.61 Å². The fourth-order valence-electron chi connectivity index (χ4n) is 4.33.